The van der Waals surface area contributed by atoms with Gasteiger partial charge in [0.1, 0.15) is 0 Å². The number of nitrogens with zero attached hydrogens (tertiary/aromatic N) is 1. The molecule has 25 heavy (non-hydrogen) atoms. The molecule has 0 bridgehead atoms. The molecule has 1 aliphatic carbocycles. The first-order valence-corrected chi connectivity index (χ1v) is 9.20. The van der Waals surface area contributed by atoms with E-state index in [2.05, 4.69) is 41.1 Å². The maximum Gasteiger partial charge on any atom is 0.194 e. The van der Waals surface area contributed by atoms with Crippen LogP contribution in [0.4, 0.5) is 0 Å². The highest BCUT2D eigenvalue weighted by Gasteiger charge is 2.21. The van der Waals surface area contributed by atoms with Gasteiger partial charge in [-0.3, -0.25) is 4.79 Å². The maximum absolute atomic E-state index is 12.9. The monoisotopic (exact) mass is 329 g/mol. The van der Waals surface area contributed by atoms with Gasteiger partial charge in [0.05, 0.1) is 0 Å². The number of benzene rings is 2. The first-order chi connectivity index (χ1) is 12.3. The molecule has 0 atom stereocenters. The van der Waals surface area contributed by atoms with Crippen LogP contribution in [0.3, 0.4) is 0 Å². The Hall–Kier alpha value is -2.61. The van der Waals surface area contributed by atoms with E-state index in [0.717, 1.165) is 16.8 Å². The smallest absolute Gasteiger partial charge is 0.194 e. The van der Waals surface area contributed by atoms with Crippen LogP contribution in [0.2, 0.25) is 0 Å². The summed E-state index contributed by atoms with van der Waals surface area (Å²) < 4.78 is 2.35. The van der Waals surface area contributed by atoms with E-state index in [9.17, 15) is 4.79 Å². The summed E-state index contributed by atoms with van der Waals surface area (Å²) in [5.74, 6) is 0.104. The van der Waals surface area contributed by atoms with Gasteiger partial charge < -0.3 is 4.57 Å². The van der Waals surface area contributed by atoms with Crippen molar-refractivity contribution in [1.82, 2.24) is 4.57 Å². The predicted octanol–water partition coefficient (Wildman–Crippen LogP) is 5.89. The molecule has 4 rings (SSSR count). The van der Waals surface area contributed by atoms with Gasteiger partial charge in [-0.25, -0.2) is 0 Å². The van der Waals surface area contributed by atoms with E-state index in [-0.39, 0.29) is 5.78 Å². The van der Waals surface area contributed by atoms with Gasteiger partial charge in [0.25, 0.3) is 0 Å². The zero-order valence-electron chi connectivity index (χ0n) is 14.4. The summed E-state index contributed by atoms with van der Waals surface area (Å²) in [6.45, 7) is 0. The summed E-state index contributed by atoms with van der Waals surface area (Å²) in [7, 11) is 0. The van der Waals surface area contributed by atoms with Crippen LogP contribution in [-0.4, -0.2) is 10.4 Å². The van der Waals surface area contributed by atoms with Gasteiger partial charge in [0.2, 0.25) is 0 Å². The first-order valence-electron chi connectivity index (χ1n) is 9.20. The van der Waals surface area contributed by atoms with E-state index in [1.807, 2.05) is 36.4 Å². The molecule has 3 aromatic rings. The fraction of sp³-hybridized carbons (Fsp3) is 0.261. The number of carbonyl (C=O) groups is 1. The van der Waals surface area contributed by atoms with Crippen LogP contribution in [0.5, 0.6) is 0 Å². The Bertz CT molecular complexity index is 842. The molecule has 0 N–H and O–H groups in total. The average molecular weight is 329 g/mol. The molecule has 0 amide bonds. The van der Waals surface area contributed by atoms with Crippen molar-refractivity contribution in [3.05, 3.63) is 84.1 Å². The second-order valence-corrected chi connectivity index (χ2v) is 6.87. The maximum atomic E-state index is 12.9. The molecule has 2 heteroatoms. The van der Waals surface area contributed by atoms with Crippen LogP contribution in [0, 0.1) is 0 Å². The van der Waals surface area contributed by atoms with E-state index in [4.69, 9.17) is 0 Å². The largest absolute Gasteiger partial charge is 0.344 e. The van der Waals surface area contributed by atoms with Crippen molar-refractivity contribution in [2.75, 3.05) is 0 Å². The molecule has 0 saturated heterocycles. The molecule has 2 aromatic carbocycles. The highest BCUT2D eigenvalue weighted by Crippen LogP contribution is 2.34. The van der Waals surface area contributed by atoms with Crippen LogP contribution in [-0.2, 0) is 0 Å². The lowest BCUT2D eigenvalue weighted by Gasteiger charge is -2.25. The molecule has 1 aliphatic rings. The number of rotatable bonds is 4. The molecule has 0 unspecified atom stereocenters. The van der Waals surface area contributed by atoms with Gasteiger partial charge in [-0.1, -0.05) is 79.9 Å². The number of ketones is 1. The van der Waals surface area contributed by atoms with E-state index >= 15 is 0 Å². The molecule has 0 spiro atoms. The predicted molar refractivity (Wildman–Crippen MR) is 102 cm³/mol. The fourth-order valence-electron chi connectivity index (χ4n) is 3.86. The molecule has 1 heterocycles. The summed E-state index contributed by atoms with van der Waals surface area (Å²) in [5, 5.41) is 0. The summed E-state index contributed by atoms with van der Waals surface area (Å²) in [5.41, 5.74) is 3.88. The van der Waals surface area contributed by atoms with Crippen LogP contribution in [0.25, 0.3) is 11.3 Å². The highest BCUT2D eigenvalue weighted by molar-refractivity contribution is 6.09. The number of hydrogen-bond donors (Lipinski definition) is 0. The summed E-state index contributed by atoms with van der Waals surface area (Å²) in [4.78, 5) is 12.9. The van der Waals surface area contributed by atoms with Crippen molar-refractivity contribution in [2.24, 2.45) is 0 Å². The molecule has 1 saturated carbocycles. The fourth-order valence-corrected chi connectivity index (χ4v) is 3.86. The van der Waals surface area contributed by atoms with Gasteiger partial charge in [0, 0.05) is 29.1 Å². The van der Waals surface area contributed by atoms with Gasteiger partial charge in [-0.2, -0.15) is 0 Å². The molecule has 1 fully saturated rings. The second-order valence-electron chi connectivity index (χ2n) is 6.87. The Morgan fingerprint density at radius 1 is 0.800 bits per heavy atom. The van der Waals surface area contributed by atoms with Crippen molar-refractivity contribution in [1.29, 1.82) is 0 Å². The average Bonchev–Trinajstić information content (AvgIpc) is 3.15. The van der Waals surface area contributed by atoms with Crippen LogP contribution in [0.15, 0.2) is 72.9 Å². The zero-order valence-corrected chi connectivity index (χ0v) is 14.4. The standard InChI is InChI=1S/C23H23NO/c25-23(19-12-6-2-7-13-19)20-16-22(18-10-4-1-5-11-18)24(17-20)21-14-8-3-9-15-21/h1-2,4-7,10-13,16-17,21H,3,8-9,14-15H2. The number of aromatic nitrogens is 1. The summed E-state index contributed by atoms with van der Waals surface area (Å²) in [6, 6.07) is 22.6. The minimum absolute atomic E-state index is 0.104. The Morgan fingerprint density at radius 2 is 1.44 bits per heavy atom. The Morgan fingerprint density at radius 3 is 2.12 bits per heavy atom. The minimum atomic E-state index is 0.104. The van der Waals surface area contributed by atoms with Crippen LogP contribution in [0.1, 0.15) is 54.1 Å². The van der Waals surface area contributed by atoms with Gasteiger partial charge >= 0.3 is 0 Å². The SMILES string of the molecule is O=C(c1ccccc1)c1cc(-c2ccccc2)n(C2CCCCC2)c1. The second kappa shape index (κ2) is 7.10. The van der Waals surface area contributed by atoms with Gasteiger partial charge in [0.15, 0.2) is 5.78 Å². The third-order valence-electron chi connectivity index (χ3n) is 5.18. The molecular weight excluding hydrogens is 306 g/mol. The van der Waals surface area contributed by atoms with Gasteiger partial charge in [-0.15, -0.1) is 0 Å². The highest BCUT2D eigenvalue weighted by atomic mass is 16.1. The first kappa shape index (κ1) is 15.9. The Balaban J connectivity index is 1.76. The lowest BCUT2D eigenvalue weighted by molar-refractivity contribution is 0.103. The molecular formula is C23H23NO. The van der Waals surface area contributed by atoms with Crippen molar-refractivity contribution in [3.8, 4) is 11.3 Å². The zero-order chi connectivity index (χ0) is 17.1. The molecule has 0 aliphatic heterocycles. The third kappa shape index (κ3) is 3.30. The lowest BCUT2D eigenvalue weighted by Crippen LogP contribution is -2.13. The van der Waals surface area contributed by atoms with Crippen LogP contribution < -0.4 is 0 Å². The normalized spacial score (nSPS) is 15.2. The molecule has 126 valence electrons. The van der Waals surface area contributed by atoms with Crippen molar-refractivity contribution < 1.29 is 4.79 Å². The van der Waals surface area contributed by atoms with E-state index in [0.29, 0.717) is 6.04 Å². The molecule has 0 radical (unpaired) electrons. The van der Waals surface area contributed by atoms with Gasteiger partial charge in [-0.05, 0) is 24.5 Å². The van der Waals surface area contributed by atoms with E-state index in [1.165, 1.54) is 37.7 Å². The van der Waals surface area contributed by atoms with Crippen molar-refractivity contribution in [2.45, 2.75) is 38.1 Å². The molecule has 1 aromatic heterocycles. The van der Waals surface area contributed by atoms with Crippen molar-refractivity contribution >= 4 is 5.78 Å². The quantitative estimate of drug-likeness (QED) is 0.547. The Kier molecular flexibility index (Phi) is 4.51. The Labute approximate surface area is 149 Å². The van der Waals surface area contributed by atoms with Crippen molar-refractivity contribution in [3.63, 3.8) is 0 Å². The molecule has 2 nitrogen and oxygen atoms in total. The van der Waals surface area contributed by atoms with E-state index < -0.39 is 0 Å². The third-order valence-corrected chi connectivity index (χ3v) is 5.18. The number of hydrogen-bond acceptors (Lipinski definition) is 1. The topological polar surface area (TPSA) is 22.0 Å². The summed E-state index contributed by atoms with van der Waals surface area (Å²) >= 11 is 0. The summed E-state index contributed by atoms with van der Waals surface area (Å²) in [6.07, 6.45) is 8.36. The number of carbonyl (C=O) groups excluding carboxylic acids is 1. The van der Waals surface area contributed by atoms with E-state index in [1.54, 1.807) is 0 Å². The minimum Gasteiger partial charge on any atom is -0.344 e. The van der Waals surface area contributed by atoms with Crippen LogP contribution >= 0.6 is 0 Å². The lowest BCUT2D eigenvalue weighted by atomic mass is 9.95.